The van der Waals surface area contributed by atoms with Gasteiger partial charge in [0.05, 0.1) is 13.0 Å². The maximum Gasteiger partial charge on any atom is 0.326 e. The molecule has 0 saturated carbocycles. The van der Waals surface area contributed by atoms with Gasteiger partial charge in [-0.25, -0.2) is 4.79 Å². The molecule has 0 heterocycles. The second-order valence-corrected chi connectivity index (χ2v) is 8.09. The van der Waals surface area contributed by atoms with Crippen LogP contribution in [-0.4, -0.2) is 80.9 Å². The minimum atomic E-state index is -1.71. The van der Waals surface area contributed by atoms with E-state index in [2.05, 4.69) is 16.0 Å². The topological polar surface area (TPSA) is 228 Å². The lowest BCUT2D eigenvalue weighted by molar-refractivity contribution is -0.147. The third-order valence-corrected chi connectivity index (χ3v) is 5.33. The largest absolute Gasteiger partial charge is 0.508 e. The minimum absolute atomic E-state index is 0.0102. The summed E-state index contributed by atoms with van der Waals surface area (Å²) in [7, 11) is 0. The maximum absolute atomic E-state index is 13.1. The Hall–Kier alpha value is -3.71. The van der Waals surface area contributed by atoms with Gasteiger partial charge >= 0.3 is 11.9 Å². The quantitative estimate of drug-likeness (QED) is 0.146. The first kappa shape index (κ1) is 29.3. The van der Waals surface area contributed by atoms with Gasteiger partial charge in [-0.2, -0.15) is 0 Å². The summed E-state index contributed by atoms with van der Waals surface area (Å²) in [5.41, 5.74) is 6.08. The smallest absolute Gasteiger partial charge is 0.326 e. The van der Waals surface area contributed by atoms with Gasteiger partial charge in [0.2, 0.25) is 17.7 Å². The van der Waals surface area contributed by atoms with Gasteiger partial charge in [-0.15, -0.1) is 0 Å². The van der Waals surface area contributed by atoms with Gasteiger partial charge in [0, 0.05) is 6.42 Å². The number of aliphatic hydroxyl groups is 1. The molecule has 9 N–H and O–H groups in total. The number of phenolic OH excluding ortho intramolecular Hbond substituents is 1. The zero-order valence-electron chi connectivity index (χ0n) is 19.4. The molecule has 0 fully saturated rings. The summed E-state index contributed by atoms with van der Waals surface area (Å²) in [6, 6.07) is 0.327. The molecule has 5 unspecified atom stereocenters. The highest BCUT2D eigenvalue weighted by atomic mass is 16.4. The van der Waals surface area contributed by atoms with Crippen LogP contribution < -0.4 is 21.7 Å². The second kappa shape index (κ2) is 13.9. The number of carboxylic acids is 2. The lowest BCUT2D eigenvalue weighted by Crippen LogP contribution is -2.59. The van der Waals surface area contributed by atoms with Crippen LogP contribution in [0.2, 0.25) is 0 Å². The average molecular weight is 497 g/mol. The van der Waals surface area contributed by atoms with E-state index >= 15 is 0 Å². The van der Waals surface area contributed by atoms with E-state index in [0.29, 0.717) is 12.0 Å². The Balaban J connectivity index is 3.14. The molecule has 0 aliphatic carbocycles. The van der Waals surface area contributed by atoms with Gasteiger partial charge in [0.1, 0.15) is 29.9 Å². The molecule has 194 valence electrons. The van der Waals surface area contributed by atoms with E-state index in [1.165, 1.54) is 24.3 Å². The normalized spacial score (nSPS) is 15.1. The van der Waals surface area contributed by atoms with Crippen molar-refractivity contribution in [1.82, 2.24) is 16.0 Å². The molecule has 0 bridgehead atoms. The van der Waals surface area contributed by atoms with E-state index in [9.17, 15) is 34.2 Å². The van der Waals surface area contributed by atoms with E-state index in [0.717, 1.165) is 0 Å². The van der Waals surface area contributed by atoms with E-state index in [4.69, 9.17) is 15.9 Å². The van der Waals surface area contributed by atoms with Crippen molar-refractivity contribution in [2.45, 2.75) is 57.3 Å². The van der Waals surface area contributed by atoms with Crippen LogP contribution in [0.5, 0.6) is 5.75 Å². The first-order chi connectivity index (χ1) is 16.4. The predicted molar refractivity (Wildman–Crippen MR) is 122 cm³/mol. The molecule has 3 amide bonds. The number of carbonyl (C=O) groups is 5. The number of phenols is 1. The Morgan fingerprint density at radius 1 is 0.914 bits per heavy atom. The number of rotatable bonds is 14. The van der Waals surface area contributed by atoms with Crippen LogP contribution in [0.1, 0.15) is 32.3 Å². The van der Waals surface area contributed by atoms with Crippen LogP contribution in [0.3, 0.4) is 0 Å². The fourth-order valence-electron chi connectivity index (χ4n) is 3.03. The number of aliphatic hydroxyl groups excluding tert-OH is 1. The highest BCUT2D eigenvalue weighted by molar-refractivity contribution is 5.95. The lowest BCUT2D eigenvalue weighted by atomic mass is 9.96. The number of nitrogens with two attached hydrogens (primary N) is 1. The summed E-state index contributed by atoms with van der Waals surface area (Å²) in [6.07, 6.45) is -0.512. The zero-order valence-corrected chi connectivity index (χ0v) is 19.4. The molecule has 0 aliphatic rings. The van der Waals surface area contributed by atoms with Crippen LogP contribution in [-0.2, 0) is 30.4 Å². The van der Waals surface area contributed by atoms with Gasteiger partial charge in [-0.1, -0.05) is 32.4 Å². The van der Waals surface area contributed by atoms with Gasteiger partial charge in [0.25, 0.3) is 0 Å². The molecule has 5 atom stereocenters. The van der Waals surface area contributed by atoms with E-state index < -0.39 is 72.8 Å². The number of hydrogen-bond donors (Lipinski definition) is 8. The standard InChI is InChI=1S/C22H32N4O9/c1-3-11(2)18(21(33)25-16(22(34)35)9-17(29)30)26-20(32)15(24-19(31)14(23)10-27)8-12-4-6-13(28)7-5-12/h4-7,11,14-16,18,27-28H,3,8-10,23H2,1-2H3,(H,24,31)(H,25,33)(H,26,32)(H,29,30)(H,34,35). The third kappa shape index (κ3) is 9.59. The number of aliphatic carboxylic acids is 2. The van der Waals surface area contributed by atoms with Gasteiger partial charge in [-0.3, -0.25) is 19.2 Å². The molecule has 0 aliphatic heterocycles. The minimum Gasteiger partial charge on any atom is -0.508 e. The van der Waals surface area contributed by atoms with Crippen LogP contribution in [0.15, 0.2) is 24.3 Å². The van der Waals surface area contributed by atoms with Crippen molar-refractivity contribution in [3.8, 4) is 5.75 Å². The molecule has 13 nitrogen and oxygen atoms in total. The Morgan fingerprint density at radius 3 is 1.97 bits per heavy atom. The molecule has 1 aromatic carbocycles. The number of nitrogens with one attached hydrogen (secondary N) is 3. The van der Waals surface area contributed by atoms with Crippen LogP contribution >= 0.6 is 0 Å². The maximum atomic E-state index is 13.1. The van der Waals surface area contributed by atoms with Gasteiger partial charge in [-0.05, 0) is 23.6 Å². The van der Waals surface area contributed by atoms with Crippen molar-refractivity contribution in [1.29, 1.82) is 0 Å². The first-order valence-electron chi connectivity index (χ1n) is 10.9. The summed E-state index contributed by atoms with van der Waals surface area (Å²) < 4.78 is 0. The van der Waals surface area contributed by atoms with E-state index in [1.54, 1.807) is 13.8 Å². The van der Waals surface area contributed by atoms with Crippen molar-refractivity contribution in [2.75, 3.05) is 6.61 Å². The van der Waals surface area contributed by atoms with Crippen LogP contribution in [0, 0.1) is 5.92 Å². The molecule has 0 spiro atoms. The zero-order chi connectivity index (χ0) is 26.7. The molecule has 1 aromatic rings. The van der Waals surface area contributed by atoms with Crippen molar-refractivity contribution in [3.05, 3.63) is 29.8 Å². The summed E-state index contributed by atoms with van der Waals surface area (Å²) >= 11 is 0. The first-order valence-corrected chi connectivity index (χ1v) is 10.9. The highest BCUT2D eigenvalue weighted by Crippen LogP contribution is 2.13. The molecule has 13 heteroatoms. The molecular formula is C22H32N4O9. The van der Waals surface area contributed by atoms with Crippen LogP contribution in [0.25, 0.3) is 0 Å². The summed E-state index contributed by atoms with van der Waals surface area (Å²) in [4.78, 5) is 60.5. The fourth-order valence-corrected chi connectivity index (χ4v) is 3.03. The number of amides is 3. The number of benzene rings is 1. The van der Waals surface area contributed by atoms with Gasteiger partial charge < -0.3 is 42.1 Å². The molecule has 0 radical (unpaired) electrons. The second-order valence-electron chi connectivity index (χ2n) is 8.09. The Labute approximate surface area is 201 Å². The third-order valence-electron chi connectivity index (χ3n) is 5.33. The Morgan fingerprint density at radius 2 is 1.49 bits per heavy atom. The average Bonchev–Trinajstić information content (AvgIpc) is 2.81. The van der Waals surface area contributed by atoms with Gasteiger partial charge in [0.15, 0.2) is 0 Å². The Bertz CT molecular complexity index is 907. The highest BCUT2D eigenvalue weighted by Gasteiger charge is 2.33. The van der Waals surface area contributed by atoms with E-state index in [-0.39, 0.29) is 12.2 Å². The number of carboxylic acid groups (broad SMARTS) is 2. The lowest BCUT2D eigenvalue weighted by Gasteiger charge is -2.28. The fraction of sp³-hybridized carbons (Fsp3) is 0.500. The molecule has 1 rings (SSSR count). The molecule has 0 saturated heterocycles. The van der Waals surface area contributed by atoms with Crippen molar-refractivity contribution < 1.29 is 44.4 Å². The van der Waals surface area contributed by atoms with Crippen molar-refractivity contribution in [3.63, 3.8) is 0 Å². The summed E-state index contributed by atoms with van der Waals surface area (Å²) in [5, 5.41) is 43.8. The predicted octanol–water partition coefficient (Wildman–Crippen LogP) is -1.69. The number of aromatic hydroxyl groups is 1. The molecular weight excluding hydrogens is 464 g/mol. The van der Waals surface area contributed by atoms with Crippen LogP contribution in [0.4, 0.5) is 0 Å². The summed E-state index contributed by atoms with van der Waals surface area (Å²) in [5.74, 6) is -5.98. The van der Waals surface area contributed by atoms with Crippen molar-refractivity contribution in [2.24, 2.45) is 11.7 Å². The number of hydrogen-bond acceptors (Lipinski definition) is 8. The SMILES string of the molecule is CCC(C)C(NC(=O)C(Cc1ccc(O)cc1)NC(=O)C(N)CO)C(=O)NC(CC(=O)O)C(=O)O. The monoisotopic (exact) mass is 496 g/mol. The van der Waals surface area contributed by atoms with Crippen molar-refractivity contribution >= 4 is 29.7 Å². The summed E-state index contributed by atoms with van der Waals surface area (Å²) in [6.45, 7) is 2.70. The Kier molecular flexibility index (Phi) is 11.6. The molecule has 35 heavy (non-hydrogen) atoms. The molecule has 0 aromatic heterocycles. The number of carbonyl (C=O) groups excluding carboxylic acids is 3. The van der Waals surface area contributed by atoms with E-state index in [1.807, 2.05) is 0 Å².